The fraction of sp³-hybridized carbons (Fsp3) is 0.500. The lowest BCUT2D eigenvalue weighted by Gasteiger charge is -2.40. The Morgan fingerprint density at radius 3 is 2.89 bits per heavy atom. The zero-order chi connectivity index (χ0) is 13.2. The number of halogens is 1. The molecule has 2 unspecified atom stereocenters. The van der Waals surface area contributed by atoms with Gasteiger partial charge in [-0.25, -0.2) is 0 Å². The van der Waals surface area contributed by atoms with Crippen LogP contribution in [0.4, 0.5) is 0 Å². The van der Waals surface area contributed by atoms with Gasteiger partial charge in [0.1, 0.15) is 0 Å². The Morgan fingerprint density at radius 2 is 2.28 bits per heavy atom. The molecule has 1 aliphatic rings. The van der Waals surface area contributed by atoms with E-state index in [4.69, 9.17) is 11.6 Å². The van der Waals surface area contributed by atoms with Gasteiger partial charge < -0.3 is 10.4 Å². The van der Waals surface area contributed by atoms with Crippen LogP contribution in [0.15, 0.2) is 24.3 Å². The standard InChI is InChI=1S/C14H18ClNO2/c1-16-13(18)14(8-3-2-7-12(14)17)10-5-4-6-11(15)9-10/h4-6,9,12,17H,2-3,7-8H2,1H3,(H,16,18). The monoisotopic (exact) mass is 267 g/mol. The van der Waals surface area contributed by atoms with Crippen molar-refractivity contribution < 1.29 is 9.90 Å². The molecule has 0 heterocycles. The SMILES string of the molecule is CNC(=O)C1(c2cccc(Cl)c2)CCCCC1O. The van der Waals surface area contributed by atoms with Crippen molar-refractivity contribution in [1.82, 2.24) is 5.32 Å². The van der Waals surface area contributed by atoms with Gasteiger partial charge in [-0.1, -0.05) is 36.6 Å². The molecule has 2 rings (SSSR count). The van der Waals surface area contributed by atoms with Crippen molar-refractivity contribution in [1.29, 1.82) is 0 Å². The van der Waals surface area contributed by atoms with Crippen LogP contribution in [0.5, 0.6) is 0 Å². The molecule has 98 valence electrons. The van der Waals surface area contributed by atoms with Gasteiger partial charge in [-0.15, -0.1) is 0 Å². The highest BCUT2D eigenvalue weighted by molar-refractivity contribution is 6.30. The second kappa shape index (κ2) is 5.29. The third-order valence-corrected chi connectivity index (χ3v) is 4.07. The molecule has 1 aliphatic carbocycles. The van der Waals surface area contributed by atoms with Crippen LogP contribution in [0.1, 0.15) is 31.2 Å². The Balaban J connectivity index is 2.51. The number of benzene rings is 1. The lowest BCUT2D eigenvalue weighted by molar-refractivity contribution is -0.132. The minimum absolute atomic E-state index is 0.128. The highest BCUT2D eigenvalue weighted by Gasteiger charge is 2.47. The first-order valence-corrected chi connectivity index (χ1v) is 6.65. The summed E-state index contributed by atoms with van der Waals surface area (Å²) >= 11 is 6.01. The number of carbonyl (C=O) groups excluding carboxylic acids is 1. The smallest absolute Gasteiger partial charge is 0.233 e. The summed E-state index contributed by atoms with van der Waals surface area (Å²) in [4.78, 5) is 12.3. The Kier molecular flexibility index (Phi) is 3.93. The number of hydrogen-bond donors (Lipinski definition) is 2. The van der Waals surface area contributed by atoms with Crippen LogP contribution in [0.2, 0.25) is 5.02 Å². The third kappa shape index (κ3) is 2.13. The molecule has 4 heteroatoms. The van der Waals surface area contributed by atoms with Crippen LogP contribution >= 0.6 is 11.6 Å². The normalized spacial score (nSPS) is 27.8. The summed E-state index contributed by atoms with van der Waals surface area (Å²) in [6, 6.07) is 7.25. The fourth-order valence-electron chi connectivity index (χ4n) is 2.88. The molecule has 1 amide bonds. The minimum Gasteiger partial charge on any atom is -0.392 e. The molecule has 2 atom stereocenters. The van der Waals surface area contributed by atoms with E-state index in [0.717, 1.165) is 18.4 Å². The molecule has 0 radical (unpaired) electrons. The predicted molar refractivity (Wildman–Crippen MR) is 71.7 cm³/mol. The first kappa shape index (κ1) is 13.4. The number of carbonyl (C=O) groups is 1. The Bertz CT molecular complexity index is 449. The summed E-state index contributed by atoms with van der Waals surface area (Å²) in [6.07, 6.45) is 2.57. The van der Waals surface area contributed by atoms with E-state index in [0.29, 0.717) is 17.9 Å². The Hall–Kier alpha value is -1.06. The first-order valence-electron chi connectivity index (χ1n) is 6.27. The highest BCUT2D eigenvalue weighted by Crippen LogP contribution is 2.40. The maximum absolute atomic E-state index is 12.3. The van der Waals surface area contributed by atoms with Gasteiger partial charge in [-0.3, -0.25) is 4.79 Å². The van der Waals surface area contributed by atoms with E-state index in [-0.39, 0.29) is 5.91 Å². The lowest BCUT2D eigenvalue weighted by Crippen LogP contribution is -2.53. The highest BCUT2D eigenvalue weighted by atomic mass is 35.5. The van der Waals surface area contributed by atoms with Crippen molar-refractivity contribution in [3.8, 4) is 0 Å². The maximum atomic E-state index is 12.3. The summed E-state index contributed by atoms with van der Waals surface area (Å²) in [7, 11) is 1.61. The number of aliphatic hydroxyl groups excluding tert-OH is 1. The van der Waals surface area contributed by atoms with Crippen molar-refractivity contribution in [3.63, 3.8) is 0 Å². The quantitative estimate of drug-likeness (QED) is 0.864. The topological polar surface area (TPSA) is 49.3 Å². The largest absolute Gasteiger partial charge is 0.392 e. The lowest BCUT2D eigenvalue weighted by atomic mass is 9.66. The molecule has 0 aromatic heterocycles. The van der Waals surface area contributed by atoms with Crippen LogP contribution in [-0.4, -0.2) is 24.2 Å². The number of rotatable bonds is 2. The minimum atomic E-state index is -0.849. The molecule has 1 fully saturated rings. The molecular formula is C14H18ClNO2. The molecule has 2 N–H and O–H groups in total. The van der Waals surface area contributed by atoms with E-state index >= 15 is 0 Å². The van der Waals surface area contributed by atoms with Crippen LogP contribution in [0, 0.1) is 0 Å². The van der Waals surface area contributed by atoms with Gasteiger partial charge >= 0.3 is 0 Å². The average Bonchev–Trinajstić information content (AvgIpc) is 2.38. The number of hydrogen-bond acceptors (Lipinski definition) is 2. The zero-order valence-electron chi connectivity index (χ0n) is 10.4. The van der Waals surface area contributed by atoms with Gasteiger partial charge in [0, 0.05) is 12.1 Å². The van der Waals surface area contributed by atoms with E-state index < -0.39 is 11.5 Å². The van der Waals surface area contributed by atoms with Crippen LogP contribution in [0.3, 0.4) is 0 Å². The van der Waals surface area contributed by atoms with Gasteiger partial charge in [-0.2, -0.15) is 0 Å². The first-order chi connectivity index (χ1) is 8.61. The molecule has 0 bridgehead atoms. The van der Waals surface area contributed by atoms with Crippen LogP contribution in [0.25, 0.3) is 0 Å². The second-order valence-corrected chi connectivity index (χ2v) is 5.26. The van der Waals surface area contributed by atoms with E-state index in [9.17, 15) is 9.90 Å². The molecule has 3 nitrogen and oxygen atoms in total. The second-order valence-electron chi connectivity index (χ2n) is 4.82. The Labute approximate surface area is 112 Å². The number of nitrogens with one attached hydrogen (secondary N) is 1. The van der Waals surface area contributed by atoms with Crippen molar-refractivity contribution in [2.75, 3.05) is 7.05 Å². The van der Waals surface area contributed by atoms with Crippen molar-refractivity contribution in [2.24, 2.45) is 0 Å². The number of amides is 1. The van der Waals surface area contributed by atoms with Gasteiger partial charge in [0.05, 0.1) is 11.5 Å². The summed E-state index contributed by atoms with van der Waals surface area (Å²) in [6.45, 7) is 0. The maximum Gasteiger partial charge on any atom is 0.233 e. The summed E-state index contributed by atoms with van der Waals surface area (Å²) in [5, 5.41) is 13.6. The van der Waals surface area contributed by atoms with Gasteiger partial charge in [0.2, 0.25) is 5.91 Å². The summed E-state index contributed by atoms with van der Waals surface area (Å²) in [5.41, 5.74) is -0.0423. The van der Waals surface area contributed by atoms with Crippen molar-refractivity contribution in [2.45, 2.75) is 37.2 Å². The van der Waals surface area contributed by atoms with Gasteiger partial charge in [0.15, 0.2) is 0 Å². The molecule has 1 aromatic rings. The molecule has 0 spiro atoms. The van der Waals surface area contributed by atoms with Gasteiger partial charge in [0.25, 0.3) is 0 Å². The number of likely N-dealkylation sites (N-methyl/N-ethyl adjacent to an activating group) is 1. The Morgan fingerprint density at radius 1 is 1.50 bits per heavy atom. The molecule has 0 aliphatic heterocycles. The van der Waals surface area contributed by atoms with E-state index in [1.807, 2.05) is 12.1 Å². The molecular weight excluding hydrogens is 250 g/mol. The van der Waals surface area contributed by atoms with Gasteiger partial charge in [-0.05, 0) is 30.5 Å². The summed E-state index contributed by atoms with van der Waals surface area (Å²) < 4.78 is 0. The van der Waals surface area contributed by atoms with Crippen LogP contribution < -0.4 is 5.32 Å². The van der Waals surface area contributed by atoms with Crippen LogP contribution in [-0.2, 0) is 10.2 Å². The molecule has 18 heavy (non-hydrogen) atoms. The van der Waals surface area contributed by atoms with E-state index in [2.05, 4.69) is 5.32 Å². The fourth-order valence-corrected chi connectivity index (χ4v) is 3.07. The zero-order valence-corrected chi connectivity index (χ0v) is 11.2. The number of aliphatic hydroxyl groups is 1. The van der Waals surface area contributed by atoms with Crippen molar-refractivity contribution in [3.05, 3.63) is 34.9 Å². The molecule has 1 aromatic carbocycles. The predicted octanol–water partition coefficient (Wildman–Crippen LogP) is 2.26. The van der Waals surface area contributed by atoms with Crippen molar-refractivity contribution >= 4 is 17.5 Å². The van der Waals surface area contributed by atoms with E-state index in [1.54, 1.807) is 19.2 Å². The third-order valence-electron chi connectivity index (χ3n) is 3.84. The average molecular weight is 268 g/mol. The molecule has 0 saturated heterocycles. The molecule has 1 saturated carbocycles. The summed E-state index contributed by atoms with van der Waals surface area (Å²) in [5.74, 6) is -0.128. The van der Waals surface area contributed by atoms with E-state index in [1.165, 1.54) is 0 Å².